The molecular weight excluding hydrogens is 286 g/mol. The highest BCUT2D eigenvalue weighted by Gasteiger charge is 2.13. The molecule has 1 atom stereocenters. The fourth-order valence-electron chi connectivity index (χ4n) is 2.25. The maximum absolute atomic E-state index is 11.5. The third-order valence-corrected chi connectivity index (χ3v) is 4.64. The lowest BCUT2D eigenvalue weighted by Gasteiger charge is -2.16. The fraction of sp³-hybridized carbons (Fsp3) is 0.400. The Balaban J connectivity index is 2.17. The van der Waals surface area contributed by atoms with Crippen molar-refractivity contribution >= 4 is 9.84 Å². The van der Waals surface area contributed by atoms with Crippen LogP contribution in [-0.4, -0.2) is 31.5 Å². The van der Waals surface area contributed by atoms with Crippen LogP contribution in [0.3, 0.4) is 0 Å². The first-order chi connectivity index (χ1) is 9.94. The van der Waals surface area contributed by atoms with Crippen LogP contribution in [-0.2, 0) is 22.8 Å². The lowest BCUT2D eigenvalue weighted by atomic mass is 10.0. The summed E-state index contributed by atoms with van der Waals surface area (Å²) in [6, 6.07) is 7.17. The average Bonchev–Trinajstić information content (AvgIpc) is 2.92. The maximum atomic E-state index is 11.5. The second-order valence-corrected chi connectivity index (χ2v) is 7.11. The van der Waals surface area contributed by atoms with Crippen LogP contribution in [0.1, 0.15) is 24.1 Å². The molecule has 21 heavy (non-hydrogen) atoms. The van der Waals surface area contributed by atoms with Crippen molar-refractivity contribution in [1.29, 1.82) is 0 Å². The molecule has 6 heteroatoms. The number of nitrogens with one attached hydrogen (secondary N) is 1. The molecule has 1 N–H and O–H groups in total. The molecule has 0 amide bonds. The van der Waals surface area contributed by atoms with Crippen molar-refractivity contribution in [2.75, 3.05) is 13.3 Å². The van der Waals surface area contributed by atoms with E-state index in [1.807, 2.05) is 36.3 Å². The Bertz CT molecular complexity index is 690. The summed E-state index contributed by atoms with van der Waals surface area (Å²) in [5, 5.41) is 7.54. The summed E-state index contributed by atoms with van der Waals surface area (Å²) in [5.74, 6) is 0. The van der Waals surface area contributed by atoms with Gasteiger partial charge in [0.2, 0.25) is 0 Å². The largest absolute Gasteiger partial charge is 0.313 e. The number of rotatable bonds is 6. The number of hydrogen-bond acceptors (Lipinski definition) is 4. The molecule has 0 saturated carbocycles. The number of likely N-dealkylation sites (N-methyl/N-ethyl adjacent to an activating group) is 1. The second kappa shape index (κ2) is 6.41. The summed E-state index contributed by atoms with van der Waals surface area (Å²) in [5.41, 5.74) is 2.22. The molecule has 1 unspecified atom stereocenters. The topological polar surface area (TPSA) is 64.0 Å². The highest BCUT2D eigenvalue weighted by Crippen LogP contribution is 2.20. The van der Waals surface area contributed by atoms with Crippen LogP contribution in [0.25, 0.3) is 0 Å². The van der Waals surface area contributed by atoms with Crippen LogP contribution in [0.15, 0.2) is 41.6 Å². The van der Waals surface area contributed by atoms with E-state index < -0.39 is 9.84 Å². The molecule has 1 aromatic heterocycles. The lowest BCUT2D eigenvalue weighted by Crippen LogP contribution is -2.18. The molecule has 0 fully saturated rings. The predicted octanol–water partition coefficient (Wildman–Crippen LogP) is 1.81. The molecule has 114 valence electrons. The molecule has 5 nitrogen and oxygen atoms in total. The van der Waals surface area contributed by atoms with Gasteiger partial charge in [0.05, 0.1) is 11.1 Å². The Morgan fingerprint density at radius 1 is 1.29 bits per heavy atom. The van der Waals surface area contributed by atoms with Gasteiger partial charge in [-0.2, -0.15) is 5.10 Å². The molecule has 0 aliphatic heterocycles. The number of benzene rings is 1. The van der Waals surface area contributed by atoms with Gasteiger partial charge < -0.3 is 5.32 Å². The van der Waals surface area contributed by atoms with Gasteiger partial charge in [-0.1, -0.05) is 12.1 Å². The Kier molecular flexibility index (Phi) is 4.80. The summed E-state index contributed by atoms with van der Waals surface area (Å²) in [4.78, 5) is 0.347. The van der Waals surface area contributed by atoms with E-state index in [1.165, 1.54) is 6.26 Å². The van der Waals surface area contributed by atoms with Gasteiger partial charge in [-0.05, 0) is 43.7 Å². The first-order valence-corrected chi connectivity index (χ1v) is 8.81. The molecule has 0 radical (unpaired) electrons. The van der Waals surface area contributed by atoms with Gasteiger partial charge in [0.1, 0.15) is 0 Å². The van der Waals surface area contributed by atoms with Gasteiger partial charge in [0.25, 0.3) is 0 Å². The standard InChI is InChI=1S/C15H21N3O2S/c1-4-18-11-12(10-17-18)9-15(16-2)13-5-7-14(8-6-13)21(3,19)20/h5-8,10-11,15-16H,4,9H2,1-3H3. The molecule has 0 aliphatic carbocycles. The van der Waals surface area contributed by atoms with Crippen molar-refractivity contribution in [1.82, 2.24) is 15.1 Å². The Morgan fingerprint density at radius 3 is 2.43 bits per heavy atom. The van der Waals surface area contributed by atoms with Crippen LogP contribution in [0.2, 0.25) is 0 Å². The molecule has 1 heterocycles. The van der Waals surface area contributed by atoms with E-state index in [2.05, 4.69) is 17.3 Å². The Morgan fingerprint density at radius 2 is 1.95 bits per heavy atom. The Hall–Kier alpha value is -1.66. The Labute approximate surface area is 125 Å². The van der Waals surface area contributed by atoms with E-state index in [4.69, 9.17) is 0 Å². The molecule has 0 aliphatic rings. The first-order valence-electron chi connectivity index (χ1n) is 6.92. The summed E-state index contributed by atoms with van der Waals surface area (Å²) < 4.78 is 24.9. The molecule has 0 saturated heterocycles. The van der Waals surface area contributed by atoms with Gasteiger partial charge >= 0.3 is 0 Å². The van der Waals surface area contributed by atoms with E-state index in [1.54, 1.807) is 12.1 Å². The third-order valence-electron chi connectivity index (χ3n) is 3.51. The van der Waals surface area contributed by atoms with Gasteiger partial charge in [-0.25, -0.2) is 8.42 Å². The summed E-state index contributed by atoms with van der Waals surface area (Å²) in [7, 11) is -1.24. The van der Waals surface area contributed by atoms with Crippen molar-refractivity contribution < 1.29 is 8.42 Å². The van der Waals surface area contributed by atoms with Crippen molar-refractivity contribution in [3.8, 4) is 0 Å². The number of nitrogens with zero attached hydrogens (tertiary/aromatic N) is 2. The quantitative estimate of drug-likeness (QED) is 0.884. The molecule has 2 rings (SSSR count). The minimum atomic E-state index is -3.14. The molecular formula is C15H21N3O2S. The highest BCUT2D eigenvalue weighted by atomic mass is 32.2. The van der Waals surface area contributed by atoms with Crippen molar-refractivity contribution in [3.05, 3.63) is 47.8 Å². The zero-order valence-corrected chi connectivity index (χ0v) is 13.4. The summed E-state index contributed by atoms with van der Waals surface area (Å²) >= 11 is 0. The number of sulfone groups is 1. The second-order valence-electron chi connectivity index (χ2n) is 5.09. The van der Waals surface area contributed by atoms with Crippen molar-refractivity contribution in [3.63, 3.8) is 0 Å². The predicted molar refractivity (Wildman–Crippen MR) is 83.0 cm³/mol. The van der Waals surface area contributed by atoms with Gasteiger partial charge in [0.15, 0.2) is 9.84 Å². The van der Waals surface area contributed by atoms with Crippen molar-refractivity contribution in [2.24, 2.45) is 0 Å². The highest BCUT2D eigenvalue weighted by molar-refractivity contribution is 7.90. The molecule has 2 aromatic rings. The zero-order valence-electron chi connectivity index (χ0n) is 12.6. The summed E-state index contributed by atoms with van der Waals surface area (Å²) in [6.45, 7) is 2.91. The van der Waals surface area contributed by atoms with E-state index >= 15 is 0 Å². The average molecular weight is 307 g/mol. The lowest BCUT2D eigenvalue weighted by molar-refractivity contribution is 0.589. The molecule has 1 aromatic carbocycles. The minimum absolute atomic E-state index is 0.133. The number of aromatic nitrogens is 2. The number of hydrogen-bond donors (Lipinski definition) is 1. The zero-order chi connectivity index (χ0) is 15.5. The number of aryl methyl sites for hydroxylation is 1. The van der Waals surface area contributed by atoms with Gasteiger partial charge in [-0.15, -0.1) is 0 Å². The summed E-state index contributed by atoms with van der Waals surface area (Å²) in [6.07, 6.45) is 5.94. The third kappa shape index (κ3) is 3.92. The first kappa shape index (κ1) is 15.7. The monoisotopic (exact) mass is 307 g/mol. The minimum Gasteiger partial charge on any atom is -0.313 e. The van der Waals surface area contributed by atoms with E-state index in [9.17, 15) is 8.42 Å². The SMILES string of the molecule is CCn1cc(CC(NC)c2ccc(S(C)(=O)=O)cc2)cn1. The van der Waals surface area contributed by atoms with Crippen LogP contribution < -0.4 is 5.32 Å². The van der Waals surface area contributed by atoms with E-state index in [-0.39, 0.29) is 6.04 Å². The van der Waals surface area contributed by atoms with Gasteiger partial charge in [-0.3, -0.25) is 4.68 Å². The fourth-order valence-corrected chi connectivity index (χ4v) is 2.88. The normalized spacial score (nSPS) is 13.3. The maximum Gasteiger partial charge on any atom is 0.175 e. The van der Waals surface area contributed by atoms with E-state index in [0.29, 0.717) is 4.90 Å². The van der Waals surface area contributed by atoms with Crippen LogP contribution in [0.4, 0.5) is 0 Å². The molecule has 0 bridgehead atoms. The molecule has 0 spiro atoms. The van der Waals surface area contributed by atoms with Crippen molar-refractivity contribution in [2.45, 2.75) is 30.8 Å². The van der Waals surface area contributed by atoms with Crippen LogP contribution in [0.5, 0.6) is 0 Å². The van der Waals surface area contributed by atoms with Gasteiger partial charge in [0, 0.05) is 25.0 Å². The van der Waals surface area contributed by atoms with Crippen LogP contribution >= 0.6 is 0 Å². The van der Waals surface area contributed by atoms with E-state index in [0.717, 1.165) is 24.1 Å². The smallest absolute Gasteiger partial charge is 0.175 e. The van der Waals surface area contributed by atoms with Crippen LogP contribution in [0, 0.1) is 0 Å².